The molecule has 0 spiro atoms. The largest absolute Gasteiger partial charge is 0.481 e. The maximum absolute atomic E-state index is 11.8. The van der Waals surface area contributed by atoms with Gasteiger partial charge in [0.1, 0.15) is 0 Å². The Morgan fingerprint density at radius 3 is 2.35 bits per heavy atom. The molecular formula is C16H22O4. The van der Waals surface area contributed by atoms with Crippen molar-refractivity contribution in [2.24, 2.45) is 0 Å². The lowest BCUT2D eigenvalue weighted by molar-refractivity contribution is -0.147. The maximum atomic E-state index is 11.8. The molecule has 1 aromatic carbocycles. The van der Waals surface area contributed by atoms with E-state index in [2.05, 4.69) is 6.07 Å². The molecular weight excluding hydrogens is 256 g/mol. The third-order valence-electron chi connectivity index (χ3n) is 2.96. The average molecular weight is 278 g/mol. The predicted octanol–water partition coefficient (Wildman–Crippen LogP) is 3.03. The third kappa shape index (κ3) is 6.36. The summed E-state index contributed by atoms with van der Waals surface area (Å²) in [4.78, 5) is 22.2. The Balaban J connectivity index is 2.40. The zero-order valence-corrected chi connectivity index (χ0v) is 12.3. The first kappa shape index (κ1) is 16.2. The second-order valence-corrected chi connectivity index (χ2v) is 5.26. The van der Waals surface area contributed by atoms with Gasteiger partial charge in [-0.15, -0.1) is 0 Å². The van der Waals surface area contributed by atoms with Crippen LogP contribution in [0.15, 0.2) is 18.2 Å². The first-order chi connectivity index (χ1) is 9.36. The van der Waals surface area contributed by atoms with Gasteiger partial charge in [0, 0.05) is 6.42 Å². The number of carbonyl (C=O) groups excluding carboxylic acids is 1. The number of rotatable bonds is 7. The van der Waals surface area contributed by atoms with Crippen molar-refractivity contribution in [3.8, 4) is 0 Å². The van der Waals surface area contributed by atoms with Gasteiger partial charge < -0.3 is 9.84 Å². The average Bonchev–Trinajstić information content (AvgIpc) is 2.25. The van der Waals surface area contributed by atoms with Gasteiger partial charge in [0.25, 0.3) is 0 Å². The zero-order chi connectivity index (χ0) is 15.1. The standard InChI is InChI=1S/C16H22O4/c1-11-7-12(2)9-14(8-11)10-16(19)20-13(3)5-4-6-15(17)18/h7-9,13H,4-6,10H2,1-3H3,(H,17,18). The van der Waals surface area contributed by atoms with E-state index < -0.39 is 5.97 Å². The number of ether oxygens (including phenoxy) is 1. The Hall–Kier alpha value is -1.84. The van der Waals surface area contributed by atoms with Crippen molar-refractivity contribution in [2.45, 2.75) is 52.6 Å². The molecule has 4 nitrogen and oxygen atoms in total. The minimum Gasteiger partial charge on any atom is -0.481 e. The maximum Gasteiger partial charge on any atom is 0.310 e. The first-order valence-electron chi connectivity index (χ1n) is 6.85. The van der Waals surface area contributed by atoms with Gasteiger partial charge in [0.15, 0.2) is 0 Å². The van der Waals surface area contributed by atoms with Gasteiger partial charge in [-0.2, -0.15) is 0 Å². The molecule has 0 amide bonds. The van der Waals surface area contributed by atoms with E-state index in [-0.39, 0.29) is 24.9 Å². The number of aryl methyl sites for hydroxylation is 2. The summed E-state index contributed by atoms with van der Waals surface area (Å²) in [5.41, 5.74) is 3.20. The lowest BCUT2D eigenvalue weighted by Crippen LogP contribution is -2.17. The molecule has 0 heterocycles. The van der Waals surface area contributed by atoms with E-state index >= 15 is 0 Å². The van der Waals surface area contributed by atoms with Crippen molar-refractivity contribution in [3.05, 3.63) is 34.9 Å². The lowest BCUT2D eigenvalue weighted by atomic mass is 10.1. The summed E-state index contributed by atoms with van der Waals surface area (Å²) in [6.45, 7) is 5.79. The van der Waals surface area contributed by atoms with Gasteiger partial charge in [-0.25, -0.2) is 0 Å². The fourth-order valence-electron chi connectivity index (χ4n) is 2.20. The number of esters is 1. The number of carbonyl (C=O) groups is 2. The second kappa shape index (κ2) is 7.68. The van der Waals surface area contributed by atoms with Gasteiger partial charge in [-0.3, -0.25) is 9.59 Å². The van der Waals surface area contributed by atoms with E-state index in [0.29, 0.717) is 12.8 Å². The highest BCUT2D eigenvalue weighted by atomic mass is 16.5. The highest BCUT2D eigenvalue weighted by Crippen LogP contribution is 2.11. The van der Waals surface area contributed by atoms with E-state index in [1.807, 2.05) is 26.0 Å². The van der Waals surface area contributed by atoms with Crippen LogP contribution in [0.25, 0.3) is 0 Å². The highest BCUT2D eigenvalue weighted by Gasteiger charge is 2.11. The Kier molecular flexibility index (Phi) is 6.22. The van der Waals surface area contributed by atoms with Crippen LogP contribution in [0.2, 0.25) is 0 Å². The van der Waals surface area contributed by atoms with Crippen molar-refractivity contribution < 1.29 is 19.4 Å². The smallest absolute Gasteiger partial charge is 0.310 e. The van der Waals surface area contributed by atoms with Crippen LogP contribution in [0.3, 0.4) is 0 Å². The number of hydrogen-bond donors (Lipinski definition) is 1. The lowest BCUT2D eigenvalue weighted by Gasteiger charge is -2.13. The quantitative estimate of drug-likeness (QED) is 0.779. The van der Waals surface area contributed by atoms with Gasteiger partial charge in [-0.1, -0.05) is 29.3 Å². The SMILES string of the molecule is Cc1cc(C)cc(CC(=O)OC(C)CCCC(=O)O)c1. The van der Waals surface area contributed by atoms with E-state index in [1.165, 1.54) is 0 Å². The van der Waals surface area contributed by atoms with Crippen LogP contribution in [0.4, 0.5) is 0 Å². The fraction of sp³-hybridized carbons (Fsp3) is 0.500. The van der Waals surface area contributed by atoms with Crippen molar-refractivity contribution in [2.75, 3.05) is 0 Å². The summed E-state index contributed by atoms with van der Waals surface area (Å²) in [5.74, 6) is -1.09. The Morgan fingerprint density at radius 2 is 1.80 bits per heavy atom. The molecule has 0 aliphatic heterocycles. The molecule has 0 radical (unpaired) electrons. The molecule has 0 aliphatic carbocycles. The molecule has 0 aromatic heterocycles. The molecule has 20 heavy (non-hydrogen) atoms. The van der Waals surface area contributed by atoms with Crippen LogP contribution < -0.4 is 0 Å². The van der Waals surface area contributed by atoms with Crippen molar-refractivity contribution in [3.63, 3.8) is 0 Å². The molecule has 0 saturated heterocycles. The van der Waals surface area contributed by atoms with Gasteiger partial charge >= 0.3 is 11.9 Å². The fourth-order valence-corrected chi connectivity index (χ4v) is 2.20. The monoisotopic (exact) mass is 278 g/mol. The Labute approximate surface area is 119 Å². The van der Waals surface area contributed by atoms with Crippen LogP contribution in [0.1, 0.15) is 42.9 Å². The zero-order valence-electron chi connectivity index (χ0n) is 12.3. The molecule has 110 valence electrons. The topological polar surface area (TPSA) is 63.6 Å². The molecule has 1 N–H and O–H groups in total. The molecule has 1 atom stereocenters. The van der Waals surface area contributed by atoms with Crippen molar-refractivity contribution in [1.82, 2.24) is 0 Å². The summed E-state index contributed by atoms with van der Waals surface area (Å²) in [6.07, 6.45) is 1.22. The minimum atomic E-state index is -0.821. The van der Waals surface area contributed by atoms with E-state index in [0.717, 1.165) is 16.7 Å². The number of benzene rings is 1. The van der Waals surface area contributed by atoms with Crippen LogP contribution in [-0.2, 0) is 20.7 Å². The number of carboxylic acids is 1. The van der Waals surface area contributed by atoms with Crippen LogP contribution in [0.5, 0.6) is 0 Å². The molecule has 0 aliphatic rings. The molecule has 1 aromatic rings. The van der Waals surface area contributed by atoms with E-state index in [1.54, 1.807) is 6.92 Å². The predicted molar refractivity (Wildman–Crippen MR) is 76.7 cm³/mol. The third-order valence-corrected chi connectivity index (χ3v) is 2.96. The number of carboxylic acid groups (broad SMARTS) is 1. The van der Waals surface area contributed by atoms with Crippen LogP contribution >= 0.6 is 0 Å². The molecule has 0 bridgehead atoms. The van der Waals surface area contributed by atoms with Crippen LogP contribution in [0, 0.1) is 13.8 Å². The molecule has 1 unspecified atom stereocenters. The molecule has 1 rings (SSSR count). The van der Waals surface area contributed by atoms with Gasteiger partial charge in [0.2, 0.25) is 0 Å². The number of hydrogen-bond acceptors (Lipinski definition) is 3. The summed E-state index contributed by atoms with van der Waals surface area (Å²) < 4.78 is 5.28. The first-order valence-corrected chi connectivity index (χ1v) is 6.85. The van der Waals surface area contributed by atoms with Crippen molar-refractivity contribution >= 4 is 11.9 Å². The summed E-state index contributed by atoms with van der Waals surface area (Å²) in [5, 5.41) is 8.55. The molecule has 4 heteroatoms. The number of aliphatic carboxylic acids is 1. The normalized spacial score (nSPS) is 11.9. The second-order valence-electron chi connectivity index (χ2n) is 5.26. The van der Waals surface area contributed by atoms with Gasteiger partial charge in [-0.05, 0) is 39.2 Å². The summed E-state index contributed by atoms with van der Waals surface area (Å²) >= 11 is 0. The Morgan fingerprint density at radius 1 is 1.20 bits per heavy atom. The summed E-state index contributed by atoms with van der Waals surface area (Å²) in [7, 11) is 0. The minimum absolute atomic E-state index is 0.110. The van der Waals surface area contributed by atoms with Crippen LogP contribution in [-0.4, -0.2) is 23.1 Å². The van der Waals surface area contributed by atoms with Gasteiger partial charge in [0.05, 0.1) is 12.5 Å². The Bertz CT molecular complexity index is 459. The molecule has 0 fully saturated rings. The summed E-state index contributed by atoms with van der Waals surface area (Å²) in [6, 6.07) is 6.01. The highest BCUT2D eigenvalue weighted by molar-refractivity contribution is 5.73. The van der Waals surface area contributed by atoms with Crippen molar-refractivity contribution in [1.29, 1.82) is 0 Å². The molecule has 0 saturated carbocycles. The van der Waals surface area contributed by atoms with E-state index in [9.17, 15) is 9.59 Å². The van der Waals surface area contributed by atoms with E-state index in [4.69, 9.17) is 9.84 Å².